The zero-order chi connectivity index (χ0) is 10.9. The summed E-state index contributed by atoms with van der Waals surface area (Å²) < 4.78 is 23.6. The van der Waals surface area contributed by atoms with Gasteiger partial charge in [0.15, 0.2) is 9.84 Å². The van der Waals surface area contributed by atoms with Gasteiger partial charge in [-0.2, -0.15) is 0 Å². The number of nitrogens with one attached hydrogen (secondary N) is 1. The van der Waals surface area contributed by atoms with Gasteiger partial charge in [0.05, 0.1) is 10.6 Å². The van der Waals surface area contributed by atoms with E-state index in [4.69, 9.17) is 0 Å². The molecule has 80 valence electrons. The maximum absolute atomic E-state index is 11.8. The quantitative estimate of drug-likeness (QED) is 0.702. The number of sulfone groups is 1. The monoisotopic (exact) mass is 225 g/mol. The van der Waals surface area contributed by atoms with E-state index in [1.54, 1.807) is 12.1 Å². The molecule has 0 amide bonds. The van der Waals surface area contributed by atoms with E-state index in [-0.39, 0.29) is 10.6 Å². The minimum absolute atomic E-state index is 0.0856. The fourth-order valence-electron chi connectivity index (χ4n) is 1.62. The average molecular weight is 225 g/mol. The molecule has 0 bridgehead atoms. The molecule has 1 aromatic rings. The van der Waals surface area contributed by atoms with Crippen LogP contribution in [0.1, 0.15) is 15.9 Å². The molecule has 0 saturated carbocycles. The van der Waals surface area contributed by atoms with Gasteiger partial charge in [0.2, 0.25) is 0 Å². The van der Waals surface area contributed by atoms with Crippen molar-refractivity contribution in [3.05, 3.63) is 29.3 Å². The number of carbonyl (C=O) groups excluding carboxylic acids is 1. The molecule has 1 aliphatic rings. The summed E-state index contributed by atoms with van der Waals surface area (Å²) in [6.45, 7) is 0.987. The van der Waals surface area contributed by atoms with Gasteiger partial charge in [0, 0.05) is 18.7 Å². The van der Waals surface area contributed by atoms with Crippen molar-refractivity contribution in [1.82, 2.24) is 5.32 Å². The van der Waals surface area contributed by atoms with Gasteiger partial charge in [-0.1, -0.05) is 12.1 Å². The lowest BCUT2D eigenvalue weighted by atomic mass is 10.1. The van der Waals surface area contributed by atoms with Crippen molar-refractivity contribution in [2.24, 2.45) is 0 Å². The molecular weight excluding hydrogens is 214 g/mol. The number of hydrogen-bond acceptors (Lipinski definition) is 4. The van der Waals surface area contributed by atoms with E-state index >= 15 is 0 Å². The smallest absolute Gasteiger partial charge is 0.179 e. The van der Waals surface area contributed by atoms with Crippen LogP contribution >= 0.6 is 0 Å². The predicted octanol–water partition coefficient (Wildman–Crippen LogP) is 0.376. The van der Waals surface area contributed by atoms with E-state index in [1.165, 1.54) is 6.07 Å². The molecule has 1 aliphatic heterocycles. The van der Waals surface area contributed by atoms with Crippen LogP contribution in [0, 0.1) is 0 Å². The van der Waals surface area contributed by atoms with E-state index in [0.717, 1.165) is 5.56 Å². The Morgan fingerprint density at radius 3 is 2.87 bits per heavy atom. The fourth-order valence-corrected chi connectivity index (χ4v) is 3.11. The summed E-state index contributed by atoms with van der Waals surface area (Å²) in [5.41, 5.74) is 1.14. The zero-order valence-corrected chi connectivity index (χ0v) is 8.88. The molecule has 0 unspecified atom stereocenters. The largest absolute Gasteiger partial charge is 0.312 e. The van der Waals surface area contributed by atoms with Crippen LogP contribution in [0.3, 0.4) is 0 Å². The van der Waals surface area contributed by atoms with Crippen LogP contribution in [0.2, 0.25) is 0 Å². The van der Waals surface area contributed by atoms with E-state index in [2.05, 4.69) is 5.32 Å². The first-order chi connectivity index (χ1) is 7.13. The van der Waals surface area contributed by atoms with Crippen LogP contribution in [0.5, 0.6) is 0 Å². The lowest BCUT2D eigenvalue weighted by Gasteiger charge is -2.05. The second-order valence-corrected chi connectivity index (χ2v) is 5.56. The van der Waals surface area contributed by atoms with Crippen molar-refractivity contribution in [2.75, 3.05) is 12.3 Å². The third-order valence-corrected chi connectivity index (χ3v) is 4.22. The Morgan fingerprint density at radius 1 is 1.33 bits per heavy atom. The number of carbonyl (C=O) groups is 1. The molecular formula is C10H11NO3S. The van der Waals surface area contributed by atoms with Crippen molar-refractivity contribution in [3.8, 4) is 0 Å². The first-order valence-electron chi connectivity index (χ1n) is 4.65. The number of rotatable bonds is 1. The molecule has 0 atom stereocenters. The highest BCUT2D eigenvalue weighted by molar-refractivity contribution is 7.91. The van der Waals surface area contributed by atoms with Gasteiger partial charge in [-0.15, -0.1) is 0 Å². The van der Waals surface area contributed by atoms with E-state index in [1.807, 2.05) is 0 Å². The number of fused-ring (bicyclic) bond motifs is 1. The summed E-state index contributed by atoms with van der Waals surface area (Å²) in [6, 6.07) is 4.77. The predicted molar refractivity (Wildman–Crippen MR) is 55.6 cm³/mol. The van der Waals surface area contributed by atoms with Crippen LogP contribution in [0.4, 0.5) is 0 Å². The van der Waals surface area contributed by atoms with Gasteiger partial charge in [-0.3, -0.25) is 4.79 Å². The molecule has 1 aromatic carbocycles. The zero-order valence-electron chi connectivity index (χ0n) is 8.06. The Hall–Kier alpha value is -1.20. The molecule has 0 radical (unpaired) electrons. The molecule has 15 heavy (non-hydrogen) atoms. The van der Waals surface area contributed by atoms with Gasteiger partial charge in [-0.25, -0.2) is 8.42 Å². The summed E-state index contributed by atoms with van der Waals surface area (Å²) >= 11 is 0. The lowest BCUT2D eigenvalue weighted by Crippen LogP contribution is -2.17. The van der Waals surface area contributed by atoms with Crippen molar-refractivity contribution in [1.29, 1.82) is 0 Å². The van der Waals surface area contributed by atoms with Crippen LogP contribution in [0.15, 0.2) is 23.1 Å². The van der Waals surface area contributed by atoms with E-state index in [0.29, 0.717) is 24.9 Å². The van der Waals surface area contributed by atoms with Gasteiger partial charge in [-0.05, 0) is 11.6 Å². The fraction of sp³-hybridized carbons (Fsp3) is 0.300. The summed E-state index contributed by atoms with van der Waals surface area (Å²) in [7, 11) is -3.23. The molecule has 1 N–H and O–H groups in total. The number of aldehydes is 1. The van der Waals surface area contributed by atoms with Gasteiger partial charge < -0.3 is 5.32 Å². The van der Waals surface area contributed by atoms with Crippen LogP contribution in [-0.2, 0) is 16.4 Å². The van der Waals surface area contributed by atoms with Gasteiger partial charge in [0.25, 0.3) is 0 Å². The SMILES string of the molecule is O=Cc1ccc2c(c1)S(=O)(=O)CCNC2. The number of hydrogen-bond donors (Lipinski definition) is 1. The first-order valence-corrected chi connectivity index (χ1v) is 6.30. The summed E-state index contributed by atoms with van der Waals surface area (Å²) in [6.07, 6.45) is 0.661. The summed E-state index contributed by atoms with van der Waals surface area (Å²) in [4.78, 5) is 10.9. The Labute approximate surface area is 88.2 Å². The molecule has 0 aromatic heterocycles. The molecule has 0 aliphatic carbocycles. The van der Waals surface area contributed by atoms with Gasteiger partial charge in [0.1, 0.15) is 6.29 Å². The molecule has 2 rings (SSSR count). The third kappa shape index (κ3) is 1.93. The van der Waals surface area contributed by atoms with Gasteiger partial charge >= 0.3 is 0 Å². The van der Waals surface area contributed by atoms with Crippen molar-refractivity contribution >= 4 is 16.1 Å². The van der Waals surface area contributed by atoms with Crippen molar-refractivity contribution in [3.63, 3.8) is 0 Å². The highest BCUT2D eigenvalue weighted by Gasteiger charge is 2.21. The Balaban J connectivity index is 2.63. The van der Waals surface area contributed by atoms with Crippen LogP contribution in [-0.4, -0.2) is 27.0 Å². The second kappa shape index (κ2) is 3.75. The third-order valence-electron chi connectivity index (χ3n) is 2.43. The molecule has 1 heterocycles. The Kier molecular flexibility index (Phi) is 2.58. The molecule has 5 heteroatoms. The van der Waals surface area contributed by atoms with Crippen LogP contribution in [0.25, 0.3) is 0 Å². The average Bonchev–Trinajstić information content (AvgIpc) is 2.37. The Morgan fingerprint density at radius 2 is 2.13 bits per heavy atom. The minimum atomic E-state index is -3.23. The highest BCUT2D eigenvalue weighted by atomic mass is 32.2. The molecule has 4 nitrogen and oxygen atoms in total. The maximum atomic E-state index is 11.8. The normalized spacial score (nSPS) is 18.9. The summed E-state index contributed by atoms with van der Waals surface area (Å²) in [5.74, 6) is 0.0856. The lowest BCUT2D eigenvalue weighted by molar-refractivity contribution is 0.112. The first kappa shape index (κ1) is 10.3. The number of benzene rings is 1. The standard InChI is InChI=1S/C10H11NO3S/c12-7-8-1-2-9-6-11-3-4-15(13,14)10(9)5-8/h1-2,5,7,11H,3-4,6H2. The van der Waals surface area contributed by atoms with E-state index < -0.39 is 9.84 Å². The molecule has 0 spiro atoms. The topological polar surface area (TPSA) is 63.2 Å². The van der Waals surface area contributed by atoms with Crippen molar-refractivity contribution < 1.29 is 13.2 Å². The minimum Gasteiger partial charge on any atom is -0.312 e. The van der Waals surface area contributed by atoms with Crippen LogP contribution < -0.4 is 5.32 Å². The Bertz CT molecular complexity index is 493. The van der Waals surface area contributed by atoms with E-state index in [9.17, 15) is 13.2 Å². The maximum Gasteiger partial charge on any atom is 0.179 e. The highest BCUT2D eigenvalue weighted by Crippen LogP contribution is 2.20. The molecule has 0 saturated heterocycles. The second-order valence-electron chi connectivity index (χ2n) is 3.48. The van der Waals surface area contributed by atoms with Crippen molar-refractivity contribution in [2.45, 2.75) is 11.4 Å². The molecule has 0 fully saturated rings. The summed E-state index contributed by atoms with van der Waals surface area (Å²) in [5, 5.41) is 3.03.